The van der Waals surface area contributed by atoms with Crippen LogP contribution in [0.1, 0.15) is 22.0 Å². The van der Waals surface area contributed by atoms with E-state index in [1.807, 2.05) is 0 Å². The number of carboxylic acid groups (broad SMARTS) is 1. The van der Waals surface area contributed by atoms with Crippen LogP contribution in [0.15, 0.2) is 18.2 Å². The topological polar surface area (TPSA) is 66.8 Å². The summed E-state index contributed by atoms with van der Waals surface area (Å²) >= 11 is 0. The number of rotatable bonds is 1. The van der Waals surface area contributed by atoms with Crippen molar-refractivity contribution in [3.8, 4) is 5.75 Å². The fraction of sp³-hybridized carbons (Fsp3) is 0.222. The van der Waals surface area contributed by atoms with Gasteiger partial charge in [0.1, 0.15) is 18.5 Å². The van der Waals surface area contributed by atoms with Gasteiger partial charge in [-0.15, -0.1) is 0 Å². The summed E-state index contributed by atoms with van der Waals surface area (Å²) in [7, 11) is 0. The summed E-state index contributed by atoms with van der Waals surface area (Å²) in [6, 6.07) is 4.46. The highest BCUT2D eigenvalue weighted by atomic mass is 16.5. The number of aliphatic hydroxyl groups excluding tert-OH is 1. The molecule has 0 radical (unpaired) electrons. The molecule has 0 fully saturated rings. The molecule has 0 spiro atoms. The zero-order chi connectivity index (χ0) is 9.42. The fourth-order valence-electron chi connectivity index (χ4n) is 1.33. The molecule has 2 rings (SSSR count). The molecule has 0 saturated carbocycles. The lowest BCUT2D eigenvalue weighted by Gasteiger charge is -2.00. The Labute approximate surface area is 74.4 Å². The second kappa shape index (κ2) is 2.74. The van der Waals surface area contributed by atoms with E-state index in [0.717, 1.165) is 0 Å². The Morgan fingerprint density at radius 3 is 3.00 bits per heavy atom. The second-order valence-electron chi connectivity index (χ2n) is 2.88. The number of aromatic carboxylic acids is 1. The third kappa shape index (κ3) is 1.25. The third-order valence-corrected chi connectivity index (χ3v) is 2.01. The summed E-state index contributed by atoms with van der Waals surface area (Å²) in [6.07, 6.45) is -0.700. The van der Waals surface area contributed by atoms with Gasteiger partial charge in [-0.1, -0.05) is 0 Å². The van der Waals surface area contributed by atoms with Crippen LogP contribution in [0.2, 0.25) is 0 Å². The van der Waals surface area contributed by atoms with Gasteiger partial charge in [-0.2, -0.15) is 0 Å². The summed E-state index contributed by atoms with van der Waals surface area (Å²) in [5.74, 6) is -0.431. The van der Waals surface area contributed by atoms with Crippen LogP contribution in [0.3, 0.4) is 0 Å². The number of hydrogen-bond donors (Lipinski definition) is 2. The molecule has 0 aliphatic carbocycles. The minimum absolute atomic E-state index is 0.170. The van der Waals surface area contributed by atoms with Crippen LogP contribution in [-0.4, -0.2) is 22.8 Å². The van der Waals surface area contributed by atoms with Crippen molar-refractivity contribution in [3.63, 3.8) is 0 Å². The second-order valence-corrected chi connectivity index (χ2v) is 2.88. The average Bonchev–Trinajstić information content (AvgIpc) is 2.47. The van der Waals surface area contributed by atoms with Gasteiger partial charge < -0.3 is 14.9 Å². The number of ether oxygens (including phenoxy) is 1. The molecule has 1 aliphatic rings. The molecule has 1 aliphatic heterocycles. The van der Waals surface area contributed by atoms with Crippen LogP contribution in [0.5, 0.6) is 5.75 Å². The van der Waals surface area contributed by atoms with E-state index in [2.05, 4.69) is 0 Å². The van der Waals surface area contributed by atoms with E-state index in [1.54, 1.807) is 6.07 Å². The molecule has 0 saturated heterocycles. The summed E-state index contributed by atoms with van der Waals surface area (Å²) < 4.78 is 5.10. The van der Waals surface area contributed by atoms with E-state index in [1.165, 1.54) is 12.1 Å². The SMILES string of the molecule is O=C(O)c1ccc2c(c1)[C@@H](O)CO2. The van der Waals surface area contributed by atoms with E-state index in [4.69, 9.17) is 9.84 Å². The van der Waals surface area contributed by atoms with Crippen LogP contribution in [0.25, 0.3) is 0 Å². The Bertz CT molecular complexity index is 359. The number of carboxylic acids is 1. The first-order chi connectivity index (χ1) is 6.18. The lowest BCUT2D eigenvalue weighted by Crippen LogP contribution is -1.99. The van der Waals surface area contributed by atoms with Gasteiger partial charge in [-0.3, -0.25) is 0 Å². The molecule has 2 N–H and O–H groups in total. The molecular formula is C9H8O4. The normalized spacial score (nSPS) is 19.3. The van der Waals surface area contributed by atoms with Gasteiger partial charge >= 0.3 is 5.97 Å². The molecule has 0 unspecified atom stereocenters. The lowest BCUT2D eigenvalue weighted by atomic mass is 10.1. The Balaban J connectivity index is 2.47. The van der Waals surface area contributed by atoms with Crippen molar-refractivity contribution in [2.24, 2.45) is 0 Å². The maximum Gasteiger partial charge on any atom is 0.335 e. The number of carbonyl (C=O) groups is 1. The van der Waals surface area contributed by atoms with Crippen molar-refractivity contribution in [1.82, 2.24) is 0 Å². The Morgan fingerprint density at radius 2 is 2.31 bits per heavy atom. The van der Waals surface area contributed by atoms with E-state index in [0.29, 0.717) is 11.3 Å². The van der Waals surface area contributed by atoms with Crippen molar-refractivity contribution < 1.29 is 19.7 Å². The van der Waals surface area contributed by atoms with Gasteiger partial charge in [0.05, 0.1) is 5.56 Å². The van der Waals surface area contributed by atoms with Gasteiger partial charge in [0.15, 0.2) is 0 Å². The molecule has 4 heteroatoms. The van der Waals surface area contributed by atoms with Crippen LogP contribution in [-0.2, 0) is 0 Å². The lowest BCUT2D eigenvalue weighted by molar-refractivity contribution is 0.0696. The highest BCUT2D eigenvalue weighted by molar-refractivity contribution is 5.88. The Kier molecular flexibility index (Phi) is 1.70. The number of fused-ring (bicyclic) bond motifs is 1. The van der Waals surface area contributed by atoms with E-state index in [9.17, 15) is 9.90 Å². The van der Waals surface area contributed by atoms with Crippen LogP contribution >= 0.6 is 0 Å². The standard InChI is InChI=1S/C9H8O4/c10-7-4-13-8-2-1-5(9(11)12)3-6(7)8/h1-3,7,10H,4H2,(H,11,12)/t7-/m0/s1. The van der Waals surface area contributed by atoms with E-state index < -0.39 is 12.1 Å². The third-order valence-electron chi connectivity index (χ3n) is 2.01. The summed E-state index contributed by atoms with van der Waals surface area (Å²) in [5, 5.41) is 18.0. The van der Waals surface area contributed by atoms with Crippen LogP contribution in [0, 0.1) is 0 Å². The Hall–Kier alpha value is -1.55. The van der Waals surface area contributed by atoms with Crippen molar-refractivity contribution >= 4 is 5.97 Å². The quantitative estimate of drug-likeness (QED) is 0.671. The minimum atomic E-state index is -0.998. The number of benzene rings is 1. The summed E-state index contributed by atoms with van der Waals surface area (Å²) in [5.41, 5.74) is 0.725. The minimum Gasteiger partial charge on any atom is -0.490 e. The van der Waals surface area contributed by atoms with Crippen molar-refractivity contribution in [1.29, 1.82) is 0 Å². The molecule has 1 heterocycles. The molecule has 0 bridgehead atoms. The predicted molar refractivity (Wildman–Crippen MR) is 43.9 cm³/mol. The smallest absolute Gasteiger partial charge is 0.335 e. The first kappa shape index (κ1) is 8.07. The first-order valence-corrected chi connectivity index (χ1v) is 3.86. The molecule has 1 atom stereocenters. The molecule has 13 heavy (non-hydrogen) atoms. The van der Waals surface area contributed by atoms with Gasteiger partial charge in [-0.25, -0.2) is 4.79 Å². The van der Waals surface area contributed by atoms with Crippen LogP contribution < -0.4 is 4.74 Å². The van der Waals surface area contributed by atoms with Gasteiger partial charge in [0.2, 0.25) is 0 Å². The molecule has 0 aromatic heterocycles. The maximum atomic E-state index is 10.6. The van der Waals surface area contributed by atoms with Crippen LogP contribution in [0.4, 0.5) is 0 Å². The molecular weight excluding hydrogens is 172 g/mol. The van der Waals surface area contributed by atoms with Crippen molar-refractivity contribution in [2.75, 3.05) is 6.61 Å². The largest absolute Gasteiger partial charge is 0.490 e. The Morgan fingerprint density at radius 1 is 1.54 bits per heavy atom. The highest BCUT2D eigenvalue weighted by Gasteiger charge is 2.22. The van der Waals surface area contributed by atoms with Gasteiger partial charge in [0.25, 0.3) is 0 Å². The molecule has 0 amide bonds. The molecule has 1 aromatic rings. The van der Waals surface area contributed by atoms with Gasteiger partial charge in [-0.05, 0) is 18.2 Å². The van der Waals surface area contributed by atoms with E-state index >= 15 is 0 Å². The van der Waals surface area contributed by atoms with Crippen molar-refractivity contribution in [3.05, 3.63) is 29.3 Å². The number of aliphatic hydroxyl groups is 1. The monoisotopic (exact) mass is 180 g/mol. The highest BCUT2D eigenvalue weighted by Crippen LogP contribution is 2.32. The summed E-state index contributed by atoms with van der Waals surface area (Å²) in [4.78, 5) is 10.6. The van der Waals surface area contributed by atoms with Crippen molar-refractivity contribution in [2.45, 2.75) is 6.10 Å². The molecule has 4 nitrogen and oxygen atoms in total. The number of hydrogen-bond acceptors (Lipinski definition) is 3. The predicted octanol–water partition coefficient (Wildman–Crippen LogP) is 0.811. The fourth-order valence-corrected chi connectivity index (χ4v) is 1.33. The zero-order valence-corrected chi connectivity index (χ0v) is 6.73. The van der Waals surface area contributed by atoms with E-state index in [-0.39, 0.29) is 12.2 Å². The maximum absolute atomic E-state index is 10.6. The van der Waals surface area contributed by atoms with Gasteiger partial charge in [0, 0.05) is 5.56 Å². The molecule has 1 aromatic carbocycles. The zero-order valence-electron chi connectivity index (χ0n) is 6.73. The average molecular weight is 180 g/mol. The first-order valence-electron chi connectivity index (χ1n) is 3.86. The molecule has 68 valence electrons. The summed E-state index contributed by atoms with van der Waals surface area (Å²) in [6.45, 7) is 0.207.